The fourth-order valence-electron chi connectivity index (χ4n) is 2.86. The molecule has 23 heavy (non-hydrogen) atoms. The quantitative estimate of drug-likeness (QED) is 0.749. The average molecular weight is 318 g/mol. The van der Waals surface area contributed by atoms with Gasteiger partial charge in [-0.25, -0.2) is 0 Å². The Balaban J connectivity index is 1.50. The topological polar surface area (TPSA) is 41.6 Å². The highest BCUT2D eigenvalue weighted by molar-refractivity contribution is 5.75. The Morgan fingerprint density at radius 3 is 2.52 bits per heavy atom. The van der Waals surface area contributed by atoms with Crippen LogP contribution in [-0.2, 0) is 4.79 Å². The van der Waals surface area contributed by atoms with Crippen molar-refractivity contribution >= 4 is 5.91 Å². The van der Waals surface area contributed by atoms with Crippen LogP contribution in [0.15, 0.2) is 24.3 Å². The summed E-state index contributed by atoms with van der Waals surface area (Å²) in [5.41, 5.74) is 1.22. The zero-order chi connectivity index (χ0) is 16.3. The van der Waals surface area contributed by atoms with E-state index in [1.54, 1.807) is 0 Å². The lowest BCUT2D eigenvalue weighted by Crippen LogP contribution is -2.35. The Hall–Kier alpha value is -1.55. The summed E-state index contributed by atoms with van der Waals surface area (Å²) < 4.78 is 5.64. The molecule has 1 aromatic carbocycles. The molecule has 1 heterocycles. The summed E-state index contributed by atoms with van der Waals surface area (Å²) in [5.74, 6) is 1.00. The zero-order valence-corrected chi connectivity index (χ0v) is 14.4. The summed E-state index contributed by atoms with van der Waals surface area (Å²) in [6.07, 6.45) is 6.58. The van der Waals surface area contributed by atoms with Gasteiger partial charge in [-0.3, -0.25) is 4.79 Å². The predicted molar refractivity (Wildman–Crippen MR) is 93.8 cm³/mol. The number of likely N-dealkylation sites (tertiary alicyclic amines) is 1. The van der Waals surface area contributed by atoms with Crippen LogP contribution in [0.3, 0.4) is 0 Å². The summed E-state index contributed by atoms with van der Waals surface area (Å²) >= 11 is 0. The van der Waals surface area contributed by atoms with Crippen LogP contribution in [0.2, 0.25) is 0 Å². The molecule has 128 valence electrons. The minimum Gasteiger partial charge on any atom is -0.494 e. The third-order valence-electron chi connectivity index (χ3n) is 4.29. The van der Waals surface area contributed by atoms with Gasteiger partial charge in [-0.05, 0) is 51.4 Å². The molecule has 0 saturated carbocycles. The summed E-state index contributed by atoms with van der Waals surface area (Å²) in [7, 11) is 0. The van der Waals surface area contributed by atoms with E-state index in [-0.39, 0.29) is 5.91 Å². The highest BCUT2D eigenvalue weighted by Crippen LogP contribution is 2.12. The van der Waals surface area contributed by atoms with Crippen molar-refractivity contribution in [2.45, 2.75) is 45.4 Å². The molecule has 0 radical (unpaired) electrons. The van der Waals surface area contributed by atoms with Crippen LogP contribution in [0, 0.1) is 6.92 Å². The van der Waals surface area contributed by atoms with Crippen molar-refractivity contribution in [3.8, 4) is 5.75 Å². The van der Waals surface area contributed by atoms with Crippen LogP contribution >= 0.6 is 0 Å². The number of benzene rings is 1. The molecule has 1 fully saturated rings. The molecule has 0 bridgehead atoms. The molecular weight excluding hydrogens is 288 g/mol. The number of ether oxygens (including phenoxy) is 1. The van der Waals surface area contributed by atoms with Crippen molar-refractivity contribution in [1.82, 2.24) is 10.2 Å². The molecule has 4 nitrogen and oxygen atoms in total. The van der Waals surface area contributed by atoms with Gasteiger partial charge in [-0.15, -0.1) is 0 Å². The van der Waals surface area contributed by atoms with E-state index < -0.39 is 0 Å². The second-order valence-corrected chi connectivity index (χ2v) is 6.37. The first-order valence-electron chi connectivity index (χ1n) is 8.92. The van der Waals surface area contributed by atoms with Crippen molar-refractivity contribution < 1.29 is 9.53 Å². The number of carbonyl (C=O) groups is 1. The second-order valence-electron chi connectivity index (χ2n) is 6.37. The molecule has 0 spiro atoms. The number of amides is 1. The van der Waals surface area contributed by atoms with E-state index in [0.29, 0.717) is 13.0 Å². The van der Waals surface area contributed by atoms with Crippen molar-refractivity contribution in [2.24, 2.45) is 0 Å². The second kappa shape index (κ2) is 10.3. The Kier molecular flexibility index (Phi) is 7.95. The van der Waals surface area contributed by atoms with E-state index in [9.17, 15) is 4.79 Å². The molecular formula is C19H30N2O2. The number of nitrogens with zero attached hydrogens (tertiary/aromatic N) is 1. The van der Waals surface area contributed by atoms with Crippen LogP contribution in [0.5, 0.6) is 5.75 Å². The molecule has 0 unspecified atom stereocenters. The summed E-state index contributed by atoms with van der Waals surface area (Å²) in [6, 6.07) is 8.00. The first kappa shape index (κ1) is 17.8. The molecule has 1 saturated heterocycles. The van der Waals surface area contributed by atoms with Crippen LogP contribution in [0.25, 0.3) is 0 Å². The fourth-order valence-corrected chi connectivity index (χ4v) is 2.86. The Morgan fingerprint density at radius 2 is 1.83 bits per heavy atom. The van der Waals surface area contributed by atoms with E-state index >= 15 is 0 Å². The lowest BCUT2D eigenvalue weighted by atomic mass is 10.2. The molecule has 1 aliphatic rings. The maximum absolute atomic E-state index is 11.8. The number of carbonyl (C=O) groups excluding carboxylic acids is 1. The Morgan fingerprint density at radius 1 is 1.13 bits per heavy atom. The van der Waals surface area contributed by atoms with Gasteiger partial charge >= 0.3 is 0 Å². The zero-order valence-electron chi connectivity index (χ0n) is 14.4. The summed E-state index contributed by atoms with van der Waals surface area (Å²) in [4.78, 5) is 14.3. The molecule has 0 aromatic heterocycles. The normalized spacial score (nSPS) is 15.9. The van der Waals surface area contributed by atoms with Gasteiger partial charge in [0.05, 0.1) is 6.61 Å². The van der Waals surface area contributed by atoms with Crippen molar-refractivity contribution in [2.75, 3.05) is 32.8 Å². The van der Waals surface area contributed by atoms with E-state index in [0.717, 1.165) is 25.3 Å². The lowest BCUT2D eigenvalue weighted by Gasteiger charge is -2.19. The Bertz CT molecular complexity index is 451. The van der Waals surface area contributed by atoms with E-state index in [4.69, 9.17) is 4.74 Å². The van der Waals surface area contributed by atoms with E-state index in [1.165, 1.54) is 44.3 Å². The third kappa shape index (κ3) is 7.51. The number of hydrogen-bond acceptors (Lipinski definition) is 3. The molecule has 4 heteroatoms. The number of hydrogen-bond donors (Lipinski definition) is 1. The largest absolute Gasteiger partial charge is 0.494 e. The van der Waals surface area contributed by atoms with Gasteiger partial charge in [0.25, 0.3) is 0 Å². The van der Waals surface area contributed by atoms with Crippen LogP contribution < -0.4 is 10.1 Å². The fraction of sp³-hybridized carbons (Fsp3) is 0.632. The number of rotatable bonds is 8. The van der Waals surface area contributed by atoms with Crippen LogP contribution in [0.1, 0.15) is 44.1 Å². The smallest absolute Gasteiger partial charge is 0.220 e. The SMILES string of the molecule is Cc1ccc(OCCCC(=O)NCCN2CCCCCC2)cc1. The first-order valence-corrected chi connectivity index (χ1v) is 8.92. The standard InChI is InChI=1S/C19H30N2O2/c1-17-8-10-18(11-9-17)23-16-6-7-19(22)20-12-15-21-13-4-2-3-5-14-21/h8-11H,2-7,12-16H2,1H3,(H,20,22). The van der Waals surface area contributed by atoms with Gasteiger partial charge in [0.2, 0.25) is 5.91 Å². The molecule has 0 aliphatic carbocycles. The minimum absolute atomic E-state index is 0.132. The minimum atomic E-state index is 0.132. The van der Waals surface area contributed by atoms with Crippen LogP contribution in [0.4, 0.5) is 0 Å². The molecule has 1 amide bonds. The predicted octanol–water partition coefficient (Wildman–Crippen LogP) is 3.15. The lowest BCUT2D eigenvalue weighted by molar-refractivity contribution is -0.121. The monoisotopic (exact) mass is 318 g/mol. The highest BCUT2D eigenvalue weighted by atomic mass is 16.5. The molecule has 1 N–H and O–H groups in total. The maximum Gasteiger partial charge on any atom is 0.220 e. The molecule has 2 rings (SSSR count). The molecule has 1 aliphatic heterocycles. The highest BCUT2D eigenvalue weighted by Gasteiger charge is 2.09. The van der Waals surface area contributed by atoms with Gasteiger partial charge in [0, 0.05) is 19.5 Å². The van der Waals surface area contributed by atoms with Crippen molar-refractivity contribution in [3.63, 3.8) is 0 Å². The summed E-state index contributed by atoms with van der Waals surface area (Å²) in [6.45, 7) is 6.74. The van der Waals surface area contributed by atoms with Crippen molar-refractivity contribution in [3.05, 3.63) is 29.8 Å². The van der Waals surface area contributed by atoms with Gasteiger partial charge in [-0.1, -0.05) is 30.5 Å². The number of aryl methyl sites for hydroxylation is 1. The van der Waals surface area contributed by atoms with Gasteiger partial charge in [-0.2, -0.15) is 0 Å². The molecule has 0 atom stereocenters. The average Bonchev–Trinajstić information content (AvgIpc) is 2.82. The van der Waals surface area contributed by atoms with E-state index in [1.807, 2.05) is 24.3 Å². The Labute approximate surface area is 140 Å². The maximum atomic E-state index is 11.8. The van der Waals surface area contributed by atoms with E-state index in [2.05, 4.69) is 17.1 Å². The van der Waals surface area contributed by atoms with Crippen LogP contribution in [-0.4, -0.2) is 43.6 Å². The third-order valence-corrected chi connectivity index (χ3v) is 4.29. The van der Waals surface area contributed by atoms with Gasteiger partial charge in [0.15, 0.2) is 0 Å². The van der Waals surface area contributed by atoms with Gasteiger partial charge in [0.1, 0.15) is 5.75 Å². The van der Waals surface area contributed by atoms with Gasteiger partial charge < -0.3 is 15.0 Å². The van der Waals surface area contributed by atoms with Crippen molar-refractivity contribution in [1.29, 1.82) is 0 Å². The molecule has 1 aromatic rings. The summed E-state index contributed by atoms with van der Waals surface area (Å²) in [5, 5.41) is 3.02. The number of nitrogens with one attached hydrogen (secondary N) is 1. The first-order chi connectivity index (χ1) is 11.2.